The van der Waals surface area contributed by atoms with E-state index in [1.807, 2.05) is 0 Å². The third kappa shape index (κ3) is 5.01. The van der Waals surface area contributed by atoms with Crippen LogP contribution in [0.2, 0.25) is 0 Å². The van der Waals surface area contributed by atoms with E-state index in [0.717, 1.165) is 0 Å². The second-order valence-corrected chi connectivity index (χ2v) is 4.79. The fourth-order valence-electron chi connectivity index (χ4n) is 1.69. The van der Waals surface area contributed by atoms with Crippen molar-refractivity contribution in [1.29, 1.82) is 0 Å². The van der Waals surface area contributed by atoms with Gasteiger partial charge in [0.15, 0.2) is 6.10 Å². The number of hydrogen-bond donors (Lipinski definition) is 2. The highest BCUT2D eigenvalue weighted by molar-refractivity contribution is 5.82. The van der Waals surface area contributed by atoms with Crippen molar-refractivity contribution in [2.75, 3.05) is 19.8 Å². The number of ether oxygens (including phenoxy) is 2. The van der Waals surface area contributed by atoms with Crippen molar-refractivity contribution < 1.29 is 24.2 Å². The number of carboxylic acid groups (broad SMARTS) is 1. The predicted octanol–water partition coefficient (Wildman–Crippen LogP) is 0.407. The number of nitrogens with one attached hydrogen (secondary N) is 1. The van der Waals surface area contributed by atoms with Crippen LogP contribution in [0.15, 0.2) is 0 Å². The van der Waals surface area contributed by atoms with E-state index in [2.05, 4.69) is 19.2 Å². The molecule has 1 rings (SSSR count). The van der Waals surface area contributed by atoms with Crippen LogP contribution in [0.4, 0.5) is 0 Å². The summed E-state index contributed by atoms with van der Waals surface area (Å²) in [7, 11) is 0. The van der Waals surface area contributed by atoms with E-state index in [1.54, 1.807) is 0 Å². The second kappa shape index (κ2) is 7.33. The molecule has 2 atom stereocenters. The fraction of sp³-hybridized carbons (Fsp3) is 0.833. The lowest BCUT2D eigenvalue weighted by atomic mass is 10.2. The lowest BCUT2D eigenvalue weighted by Gasteiger charge is -2.12. The molecule has 6 nitrogen and oxygen atoms in total. The highest BCUT2D eigenvalue weighted by atomic mass is 16.5. The summed E-state index contributed by atoms with van der Waals surface area (Å²) in [5.41, 5.74) is 0. The number of aliphatic carboxylic acids is 1. The van der Waals surface area contributed by atoms with E-state index in [-0.39, 0.29) is 5.91 Å². The summed E-state index contributed by atoms with van der Waals surface area (Å²) in [6.45, 7) is 5.65. The van der Waals surface area contributed by atoms with Gasteiger partial charge < -0.3 is 19.9 Å². The second-order valence-electron chi connectivity index (χ2n) is 4.79. The quantitative estimate of drug-likeness (QED) is 0.647. The highest BCUT2D eigenvalue weighted by Gasteiger charge is 2.34. The zero-order valence-corrected chi connectivity index (χ0v) is 10.8. The van der Waals surface area contributed by atoms with E-state index >= 15 is 0 Å². The summed E-state index contributed by atoms with van der Waals surface area (Å²) in [5, 5.41) is 11.4. The molecule has 1 heterocycles. The molecule has 1 amide bonds. The first-order valence-electron chi connectivity index (χ1n) is 6.24. The van der Waals surface area contributed by atoms with Crippen LogP contribution in [-0.4, -0.2) is 48.9 Å². The Morgan fingerprint density at radius 2 is 2.06 bits per heavy atom. The van der Waals surface area contributed by atoms with Gasteiger partial charge in [0, 0.05) is 13.2 Å². The normalized spacial score (nSPS) is 23.3. The topological polar surface area (TPSA) is 84.9 Å². The Kier molecular flexibility index (Phi) is 6.07. The first-order chi connectivity index (χ1) is 8.50. The molecule has 0 aromatic heterocycles. The minimum absolute atomic E-state index is 0.258. The summed E-state index contributed by atoms with van der Waals surface area (Å²) >= 11 is 0. The molecular weight excluding hydrogens is 238 g/mol. The van der Waals surface area contributed by atoms with Crippen molar-refractivity contribution in [2.24, 2.45) is 5.92 Å². The molecule has 0 saturated carbocycles. The number of carbonyl (C=O) groups is 2. The van der Waals surface area contributed by atoms with Crippen molar-refractivity contribution in [3.63, 3.8) is 0 Å². The van der Waals surface area contributed by atoms with E-state index < -0.39 is 18.2 Å². The molecule has 2 unspecified atom stereocenters. The van der Waals surface area contributed by atoms with E-state index in [9.17, 15) is 9.59 Å². The monoisotopic (exact) mass is 259 g/mol. The Balaban J connectivity index is 2.12. The van der Waals surface area contributed by atoms with Gasteiger partial charge in [-0.2, -0.15) is 0 Å². The van der Waals surface area contributed by atoms with Crippen LogP contribution in [0.5, 0.6) is 0 Å². The Bertz CT molecular complexity index is 292. The SMILES string of the molecule is CC(C)COCCNC(=O)C1CCC(C(=O)O)O1. The van der Waals surface area contributed by atoms with Crippen molar-refractivity contribution in [3.8, 4) is 0 Å². The first-order valence-corrected chi connectivity index (χ1v) is 6.24. The molecule has 1 aliphatic heterocycles. The molecule has 1 fully saturated rings. The molecule has 0 radical (unpaired) electrons. The number of carboxylic acids is 1. The molecule has 0 aromatic rings. The summed E-state index contributed by atoms with van der Waals surface area (Å²) in [4.78, 5) is 22.3. The van der Waals surface area contributed by atoms with Crippen LogP contribution in [0.25, 0.3) is 0 Å². The molecule has 0 aliphatic carbocycles. The van der Waals surface area contributed by atoms with Gasteiger partial charge in [0.1, 0.15) is 6.10 Å². The van der Waals surface area contributed by atoms with Crippen molar-refractivity contribution in [3.05, 3.63) is 0 Å². The van der Waals surface area contributed by atoms with Gasteiger partial charge in [-0.25, -0.2) is 4.79 Å². The molecule has 2 N–H and O–H groups in total. The molecule has 0 spiro atoms. The van der Waals surface area contributed by atoms with Crippen molar-refractivity contribution in [1.82, 2.24) is 5.32 Å². The van der Waals surface area contributed by atoms with Gasteiger partial charge in [0.25, 0.3) is 0 Å². The fourth-order valence-corrected chi connectivity index (χ4v) is 1.69. The van der Waals surface area contributed by atoms with Gasteiger partial charge in [-0.1, -0.05) is 13.8 Å². The third-order valence-corrected chi connectivity index (χ3v) is 2.58. The van der Waals surface area contributed by atoms with Crippen molar-refractivity contribution in [2.45, 2.75) is 38.9 Å². The molecule has 0 aromatic carbocycles. The largest absolute Gasteiger partial charge is 0.479 e. The average molecular weight is 259 g/mol. The Morgan fingerprint density at radius 3 is 2.61 bits per heavy atom. The summed E-state index contributed by atoms with van der Waals surface area (Å²) < 4.78 is 10.4. The Hall–Kier alpha value is -1.14. The van der Waals surface area contributed by atoms with Crippen LogP contribution >= 0.6 is 0 Å². The predicted molar refractivity (Wildman–Crippen MR) is 64.2 cm³/mol. The average Bonchev–Trinajstić information content (AvgIpc) is 2.77. The maximum absolute atomic E-state index is 11.6. The number of carbonyl (C=O) groups excluding carboxylic acids is 1. The standard InChI is InChI=1S/C12H21NO5/c1-8(2)7-17-6-5-13-11(14)9-3-4-10(18-9)12(15)16/h8-10H,3-7H2,1-2H3,(H,13,14)(H,15,16). The van der Waals surface area contributed by atoms with Crippen LogP contribution in [0.1, 0.15) is 26.7 Å². The minimum atomic E-state index is -1.01. The van der Waals surface area contributed by atoms with E-state index in [4.69, 9.17) is 14.6 Å². The number of rotatable bonds is 7. The third-order valence-electron chi connectivity index (χ3n) is 2.58. The van der Waals surface area contributed by atoms with Gasteiger partial charge in [0.2, 0.25) is 5.91 Å². The number of hydrogen-bond acceptors (Lipinski definition) is 4. The maximum atomic E-state index is 11.6. The molecule has 1 aliphatic rings. The van der Waals surface area contributed by atoms with Crippen LogP contribution in [0, 0.1) is 5.92 Å². The molecule has 0 bridgehead atoms. The molecule has 104 valence electrons. The Labute approximate surface area is 107 Å². The van der Waals surface area contributed by atoms with Gasteiger partial charge in [-0.05, 0) is 18.8 Å². The van der Waals surface area contributed by atoms with Crippen molar-refractivity contribution >= 4 is 11.9 Å². The molecule has 18 heavy (non-hydrogen) atoms. The summed E-state index contributed by atoms with van der Waals surface area (Å²) in [5.74, 6) is -0.798. The summed E-state index contributed by atoms with van der Waals surface area (Å²) in [6, 6.07) is 0. The van der Waals surface area contributed by atoms with Gasteiger partial charge in [-0.15, -0.1) is 0 Å². The minimum Gasteiger partial charge on any atom is -0.479 e. The molecule has 6 heteroatoms. The summed E-state index contributed by atoms with van der Waals surface area (Å²) in [6.07, 6.45) is -0.651. The lowest BCUT2D eigenvalue weighted by molar-refractivity contribution is -0.151. The Morgan fingerprint density at radius 1 is 1.39 bits per heavy atom. The smallest absolute Gasteiger partial charge is 0.332 e. The van der Waals surface area contributed by atoms with E-state index in [0.29, 0.717) is 38.5 Å². The first kappa shape index (κ1) is 14.9. The van der Waals surface area contributed by atoms with Gasteiger partial charge in [-0.3, -0.25) is 4.79 Å². The molecule has 1 saturated heterocycles. The van der Waals surface area contributed by atoms with Gasteiger partial charge in [0.05, 0.1) is 6.61 Å². The highest BCUT2D eigenvalue weighted by Crippen LogP contribution is 2.19. The van der Waals surface area contributed by atoms with Crippen LogP contribution in [-0.2, 0) is 19.1 Å². The maximum Gasteiger partial charge on any atom is 0.332 e. The van der Waals surface area contributed by atoms with Crippen LogP contribution in [0.3, 0.4) is 0 Å². The van der Waals surface area contributed by atoms with Gasteiger partial charge >= 0.3 is 5.97 Å². The lowest BCUT2D eigenvalue weighted by Crippen LogP contribution is -2.37. The van der Waals surface area contributed by atoms with E-state index in [1.165, 1.54) is 0 Å². The zero-order chi connectivity index (χ0) is 13.5. The zero-order valence-electron chi connectivity index (χ0n) is 10.8. The number of amides is 1. The van der Waals surface area contributed by atoms with Crippen LogP contribution < -0.4 is 5.32 Å². The molecular formula is C12H21NO5.